The van der Waals surface area contributed by atoms with Gasteiger partial charge in [0.25, 0.3) is 0 Å². The van der Waals surface area contributed by atoms with Gasteiger partial charge < -0.3 is 22.8 Å². The second-order valence-corrected chi connectivity index (χ2v) is 21.5. The highest BCUT2D eigenvalue weighted by Gasteiger charge is 2.31. The van der Waals surface area contributed by atoms with Crippen LogP contribution >= 0.6 is 0 Å². The molecule has 0 atom stereocenters. The SMILES string of the molecule is [C-]#[N+]c1cc(-n2c3ccccc3c3cc(-c4c(-n5c6ccccc6c6ccccc65)cc([N+]#[C-])c([N+]#[C-])c4-n4c5ccccc5c5ccccc54)ccc32)c(-n2c3ccccc3c3ccccc32)c(-n2c3ccccc3c3ccccc32)c1C#N. The maximum absolute atomic E-state index is 11.7. The average Bonchev–Trinajstić information content (AvgIpc) is 1.73. The topological polar surface area (TPSA) is 61.5 Å². The Bertz CT molecular complexity index is 5770. The van der Waals surface area contributed by atoms with E-state index in [4.69, 9.17) is 19.7 Å². The molecule has 0 N–H and O–H groups in total. The van der Waals surface area contributed by atoms with Crippen LogP contribution in [-0.4, -0.2) is 22.8 Å². The van der Waals surface area contributed by atoms with E-state index >= 15 is 0 Å². The predicted molar refractivity (Wildman–Crippen MR) is 347 cm³/mol. The van der Waals surface area contributed by atoms with Crippen LogP contribution in [0.4, 0.5) is 17.1 Å². The van der Waals surface area contributed by atoms with E-state index in [-0.39, 0.29) is 22.6 Å². The first-order chi connectivity index (χ1) is 42.1. The van der Waals surface area contributed by atoms with Gasteiger partial charge in [0.05, 0.1) is 109 Å². The number of benzene rings is 12. The summed E-state index contributed by atoms with van der Waals surface area (Å²) in [5.41, 5.74) is 15.2. The van der Waals surface area contributed by atoms with E-state index in [1.54, 1.807) is 0 Å². The minimum Gasteiger partial charge on any atom is -0.320 e. The van der Waals surface area contributed by atoms with Gasteiger partial charge in [-0.05, 0) is 84.4 Å². The molecular formula is C76H41N9. The third-order valence-corrected chi connectivity index (χ3v) is 17.4. The molecule has 0 amide bonds. The summed E-state index contributed by atoms with van der Waals surface area (Å²) in [6.45, 7) is 26.8. The number of nitriles is 1. The van der Waals surface area contributed by atoms with E-state index < -0.39 is 0 Å². The lowest BCUT2D eigenvalue weighted by molar-refractivity contribution is 1.05. The van der Waals surface area contributed by atoms with Crippen molar-refractivity contribution in [3.63, 3.8) is 0 Å². The van der Waals surface area contributed by atoms with Crippen molar-refractivity contribution >= 4 is 126 Å². The molecule has 0 aliphatic rings. The van der Waals surface area contributed by atoms with Crippen LogP contribution in [0, 0.1) is 31.0 Å². The first-order valence-electron chi connectivity index (χ1n) is 28.0. The van der Waals surface area contributed by atoms with Crippen LogP contribution in [0.2, 0.25) is 0 Å². The monoisotopic (exact) mass is 1080 g/mol. The van der Waals surface area contributed by atoms with Crippen LogP contribution in [0.5, 0.6) is 0 Å². The Morgan fingerprint density at radius 2 is 0.588 bits per heavy atom. The Balaban J connectivity index is 1.05. The Morgan fingerprint density at radius 1 is 0.282 bits per heavy atom. The number of fused-ring (bicyclic) bond motifs is 15. The largest absolute Gasteiger partial charge is 0.320 e. The van der Waals surface area contributed by atoms with Gasteiger partial charge in [-0.1, -0.05) is 170 Å². The molecule has 0 fully saturated rings. The fraction of sp³-hybridized carbons (Fsp3) is 0. The van der Waals surface area contributed by atoms with Gasteiger partial charge in [-0.2, -0.15) is 5.26 Å². The number of hydrogen-bond donors (Lipinski definition) is 0. The molecule has 17 rings (SSSR count). The van der Waals surface area contributed by atoms with Crippen molar-refractivity contribution in [1.29, 1.82) is 5.26 Å². The Kier molecular flexibility index (Phi) is 10.1. The van der Waals surface area contributed by atoms with Crippen LogP contribution in [0.3, 0.4) is 0 Å². The van der Waals surface area contributed by atoms with Gasteiger partial charge in [-0.15, -0.1) is 0 Å². The summed E-state index contributed by atoms with van der Waals surface area (Å²) in [7, 11) is 0. The maximum atomic E-state index is 11.7. The van der Waals surface area contributed by atoms with E-state index in [0.29, 0.717) is 17.1 Å². The zero-order chi connectivity index (χ0) is 56.6. The molecule has 0 unspecified atom stereocenters. The predicted octanol–water partition coefficient (Wildman–Crippen LogP) is 20.4. The summed E-state index contributed by atoms with van der Waals surface area (Å²) in [6.07, 6.45) is 0. The Labute approximate surface area is 485 Å². The molecule has 0 saturated heterocycles. The average molecular weight is 1080 g/mol. The number of rotatable bonds is 6. The lowest BCUT2D eigenvalue weighted by atomic mass is 9.96. The zero-order valence-corrected chi connectivity index (χ0v) is 45.2. The molecule has 390 valence electrons. The van der Waals surface area contributed by atoms with E-state index in [2.05, 4.69) is 231 Å². The third-order valence-electron chi connectivity index (χ3n) is 17.4. The minimum atomic E-state index is 0.222. The molecule has 0 radical (unpaired) electrons. The van der Waals surface area contributed by atoms with Crippen LogP contribution in [0.1, 0.15) is 5.56 Å². The summed E-state index contributed by atoms with van der Waals surface area (Å²) >= 11 is 0. The molecule has 9 nitrogen and oxygen atoms in total. The number of hydrogen-bond acceptors (Lipinski definition) is 1. The van der Waals surface area contributed by atoms with Gasteiger partial charge in [0, 0.05) is 65.1 Å². The molecule has 5 heterocycles. The Morgan fingerprint density at radius 3 is 0.953 bits per heavy atom. The van der Waals surface area contributed by atoms with E-state index in [1.165, 1.54) is 0 Å². The van der Waals surface area contributed by atoms with Gasteiger partial charge in [0.15, 0.2) is 5.69 Å². The van der Waals surface area contributed by atoms with Crippen molar-refractivity contribution in [3.05, 3.63) is 289 Å². The molecule has 0 aliphatic heterocycles. The summed E-state index contributed by atoms with van der Waals surface area (Å²) < 4.78 is 11.2. The highest BCUT2D eigenvalue weighted by molar-refractivity contribution is 6.18. The van der Waals surface area contributed by atoms with Gasteiger partial charge in [0.1, 0.15) is 0 Å². The zero-order valence-electron chi connectivity index (χ0n) is 45.2. The van der Waals surface area contributed by atoms with Gasteiger partial charge in [0.2, 0.25) is 11.4 Å². The third kappa shape index (κ3) is 6.47. The van der Waals surface area contributed by atoms with E-state index in [0.717, 1.165) is 132 Å². The first kappa shape index (κ1) is 47.4. The van der Waals surface area contributed by atoms with Crippen molar-refractivity contribution in [2.75, 3.05) is 0 Å². The molecule has 0 spiro atoms. The van der Waals surface area contributed by atoms with Crippen molar-refractivity contribution in [2.24, 2.45) is 0 Å². The van der Waals surface area contributed by atoms with Crippen molar-refractivity contribution in [1.82, 2.24) is 22.8 Å². The van der Waals surface area contributed by atoms with E-state index in [9.17, 15) is 5.26 Å². The summed E-state index contributed by atoms with van der Waals surface area (Å²) in [5, 5.41) is 21.9. The fourth-order valence-corrected chi connectivity index (χ4v) is 14.0. The minimum absolute atomic E-state index is 0.222. The van der Waals surface area contributed by atoms with Crippen molar-refractivity contribution < 1.29 is 0 Å². The van der Waals surface area contributed by atoms with Crippen LogP contribution in [0.15, 0.2) is 249 Å². The second-order valence-electron chi connectivity index (χ2n) is 21.5. The number of para-hydroxylation sites is 9. The normalized spacial score (nSPS) is 11.7. The number of aromatic nitrogens is 5. The molecule has 0 bridgehead atoms. The standard InChI is InChI=1S/C76H41N9/c1-78-58-43-71(75(84-65-36-18-8-26-51(65)52-27-9-19-37-66(52)84)74(57(58)45-77)83-63-34-16-6-24-49(63)50-25-7-17-35-64(50)83)82-62-33-15-12-30-55(62)56-42-46(40-41-69(56)82)72-70(81-60-31-13-4-22-47(60)48-23-5-14-32-61(48)81)44-59(79-2)73(80-3)76(72)85-67-38-20-10-28-53(67)54-29-11-21-39-68(54)85/h4-44H. The quantitative estimate of drug-likeness (QED) is 0.153. The molecule has 9 heteroatoms. The molecule has 0 saturated carbocycles. The summed E-state index contributed by atoms with van der Waals surface area (Å²) in [4.78, 5) is 12.7. The molecule has 0 aliphatic carbocycles. The van der Waals surface area contributed by atoms with Gasteiger partial charge in [-0.3, -0.25) is 0 Å². The van der Waals surface area contributed by atoms with Crippen LogP contribution < -0.4 is 0 Å². The first-order valence-corrected chi connectivity index (χ1v) is 28.0. The lowest BCUT2D eigenvalue weighted by Crippen LogP contribution is -2.11. The smallest absolute Gasteiger partial charge is 0.218 e. The Hall–Kier alpha value is -12.4. The van der Waals surface area contributed by atoms with Crippen LogP contribution in [-0.2, 0) is 0 Å². The van der Waals surface area contributed by atoms with Gasteiger partial charge in [-0.25, -0.2) is 14.5 Å². The van der Waals surface area contributed by atoms with Crippen LogP contribution in [0.25, 0.3) is 163 Å². The van der Waals surface area contributed by atoms with Crippen molar-refractivity contribution in [2.45, 2.75) is 0 Å². The maximum Gasteiger partial charge on any atom is 0.218 e. The molecule has 5 aromatic heterocycles. The molecular weight excluding hydrogens is 1040 g/mol. The van der Waals surface area contributed by atoms with Crippen molar-refractivity contribution in [3.8, 4) is 45.6 Å². The summed E-state index contributed by atoms with van der Waals surface area (Å²) in [5.74, 6) is 0. The van der Waals surface area contributed by atoms with Gasteiger partial charge >= 0.3 is 0 Å². The molecule has 12 aromatic carbocycles. The molecule has 85 heavy (non-hydrogen) atoms. The number of nitrogens with zero attached hydrogens (tertiary/aromatic N) is 9. The second kappa shape index (κ2) is 18.1. The van der Waals surface area contributed by atoms with E-state index in [1.807, 2.05) is 60.7 Å². The highest BCUT2D eigenvalue weighted by atomic mass is 15.1. The fourth-order valence-electron chi connectivity index (χ4n) is 14.0. The summed E-state index contributed by atoms with van der Waals surface area (Å²) in [6, 6.07) is 88.3. The highest BCUT2D eigenvalue weighted by Crippen LogP contribution is 2.52. The molecule has 17 aromatic rings. The lowest BCUT2D eigenvalue weighted by Gasteiger charge is -2.24.